The minimum atomic E-state index is -3.31. The first kappa shape index (κ1) is 15.7. The maximum atomic E-state index is 11.3. The first-order chi connectivity index (χ1) is 9.76. The summed E-state index contributed by atoms with van der Waals surface area (Å²) >= 11 is 6.12. The first-order valence-electron chi connectivity index (χ1n) is 6.28. The van der Waals surface area contributed by atoms with E-state index in [0.717, 1.165) is 23.2 Å². The Bertz CT molecular complexity index is 736. The number of sulfonamides is 1. The summed E-state index contributed by atoms with van der Waals surface area (Å²) in [5, 5.41) is 10.8. The largest absolute Gasteiger partial charge is 0.380 e. The van der Waals surface area contributed by atoms with E-state index >= 15 is 0 Å². The van der Waals surface area contributed by atoms with Crippen molar-refractivity contribution < 1.29 is 8.42 Å². The second-order valence-electron chi connectivity index (χ2n) is 4.83. The Morgan fingerprint density at radius 1 is 1.33 bits per heavy atom. The number of aryl methyl sites for hydroxylation is 2. The molecule has 1 aromatic carbocycles. The maximum Gasteiger partial charge on any atom is 0.229 e. The van der Waals surface area contributed by atoms with Crippen LogP contribution in [0.15, 0.2) is 18.2 Å². The number of hydrogen-bond acceptors (Lipinski definition) is 4. The van der Waals surface area contributed by atoms with E-state index in [1.165, 1.54) is 0 Å². The molecule has 114 valence electrons. The third-order valence-electron chi connectivity index (χ3n) is 3.01. The van der Waals surface area contributed by atoms with Gasteiger partial charge >= 0.3 is 0 Å². The summed E-state index contributed by atoms with van der Waals surface area (Å²) in [7, 11) is -3.31. The maximum absolute atomic E-state index is 11.3. The van der Waals surface area contributed by atoms with Gasteiger partial charge in [-0.2, -0.15) is 5.10 Å². The number of hydrogen-bond donors (Lipinski definition) is 3. The summed E-state index contributed by atoms with van der Waals surface area (Å²) in [5.41, 5.74) is 4.09. The van der Waals surface area contributed by atoms with Crippen LogP contribution in [0.1, 0.15) is 17.0 Å². The van der Waals surface area contributed by atoms with Crippen molar-refractivity contribution in [3.8, 4) is 0 Å². The molecule has 0 aliphatic carbocycles. The lowest BCUT2D eigenvalue weighted by Crippen LogP contribution is -2.10. The molecule has 0 amide bonds. The van der Waals surface area contributed by atoms with Crippen LogP contribution in [0.4, 0.5) is 11.4 Å². The van der Waals surface area contributed by atoms with Crippen LogP contribution in [-0.2, 0) is 16.6 Å². The van der Waals surface area contributed by atoms with E-state index in [4.69, 9.17) is 11.6 Å². The highest BCUT2D eigenvalue weighted by atomic mass is 35.5. The number of halogens is 1. The first-order valence-corrected chi connectivity index (χ1v) is 8.55. The fourth-order valence-electron chi connectivity index (χ4n) is 1.96. The third-order valence-corrected chi connectivity index (χ3v) is 3.94. The third kappa shape index (κ3) is 4.12. The second kappa shape index (κ2) is 5.95. The van der Waals surface area contributed by atoms with Crippen LogP contribution in [0.3, 0.4) is 0 Å². The Kier molecular flexibility index (Phi) is 4.43. The van der Waals surface area contributed by atoms with Crippen molar-refractivity contribution >= 4 is 33.0 Å². The van der Waals surface area contributed by atoms with Crippen molar-refractivity contribution in [2.75, 3.05) is 16.3 Å². The van der Waals surface area contributed by atoms with Crippen LogP contribution in [0.2, 0.25) is 5.02 Å². The van der Waals surface area contributed by atoms with Gasteiger partial charge in [-0.15, -0.1) is 0 Å². The van der Waals surface area contributed by atoms with E-state index in [0.29, 0.717) is 22.9 Å². The molecule has 0 spiro atoms. The van der Waals surface area contributed by atoms with E-state index in [9.17, 15) is 8.42 Å². The molecule has 0 aliphatic heterocycles. The number of rotatable bonds is 5. The molecule has 8 heteroatoms. The highest BCUT2D eigenvalue weighted by Crippen LogP contribution is 2.27. The zero-order chi connectivity index (χ0) is 15.6. The average molecular weight is 329 g/mol. The highest BCUT2D eigenvalue weighted by molar-refractivity contribution is 7.92. The molecule has 0 saturated carbocycles. The minimum Gasteiger partial charge on any atom is -0.380 e. The molecule has 0 bridgehead atoms. The van der Waals surface area contributed by atoms with Gasteiger partial charge in [-0.25, -0.2) is 8.42 Å². The Morgan fingerprint density at radius 3 is 2.62 bits per heavy atom. The zero-order valence-corrected chi connectivity index (χ0v) is 13.6. The number of nitrogens with one attached hydrogen (secondary N) is 3. The topological polar surface area (TPSA) is 86.9 Å². The Balaban J connectivity index is 2.18. The van der Waals surface area contributed by atoms with E-state index in [2.05, 4.69) is 20.2 Å². The number of benzene rings is 1. The number of H-pyrrole nitrogens is 1. The molecule has 2 rings (SSSR count). The zero-order valence-electron chi connectivity index (χ0n) is 12.0. The molecule has 21 heavy (non-hydrogen) atoms. The predicted octanol–water partition coefficient (Wildman–Crippen LogP) is 2.66. The molecule has 0 radical (unpaired) electrons. The lowest BCUT2D eigenvalue weighted by molar-refractivity contribution is 0.607. The van der Waals surface area contributed by atoms with Gasteiger partial charge in [0.2, 0.25) is 10.0 Å². The van der Waals surface area contributed by atoms with Crippen LogP contribution >= 0.6 is 11.6 Å². The van der Waals surface area contributed by atoms with Gasteiger partial charge in [-0.05, 0) is 32.0 Å². The molecule has 2 aromatic rings. The fraction of sp³-hybridized carbons (Fsp3) is 0.308. The number of aromatic amines is 1. The molecule has 3 N–H and O–H groups in total. The Labute approximate surface area is 129 Å². The van der Waals surface area contributed by atoms with E-state index in [-0.39, 0.29) is 0 Å². The van der Waals surface area contributed by atoms with Crippen molar-refractivity contribution in [3.63, 3.8) is 0 Å². The smallest absolute Gasteiger partial charge is 0.229 e. The predicted molar refractivity (Wildman–Crippen MR) is 85.3 cm³/mol. The van der Waals surface area contributed by atoms with E-state index < -0.39 is 10.0 Å². The standard InChI is InChI=1S/C13H17ClN4O2S/c1-8-11(9(2)17-16-8)7-15-13-6-10(4-5-12(13)14)18-21(3,19)20/h4-6,15,18H,7H2,1-3H3,(H,16,17). The summed E-state index contributed by atoms with van der Waals surface area (Å²) < 4.78 is 24.9. The van der Waals surface area contributed by atoms with Crippen molar-refractivity contribution in [3.05, 3.63) is 40.2 Å². The van der Waals surface area contributed by atoms with Gasteiger partial charge in [0.1, 0.15) is 0 Å². The molecular formula is C13H17ClN4O2S. The number of nitrogens with zero attached hydrogens (tertiary/aromatic N) is 1. The summed E-state index contributed by atoms with van der Waals surface area (Å²) in [6.07, 6.45) is 1.10. The van der Waals surface area contributed by atoms with Crippen molar-refractivity contribution in [1.29, 1.82) is 0 Å². The lowest BCUT2D eigenvalue weighted by Gasteiger charge is -2.11. The molecule has 0 unspecified atom stereocenters. The summed E-state index contributed by atoms with van der Waals surface area (Å²) in [5.74, 6) is 0. The normalized spacial score (nSPS) is 11.4. The van der Waals surface area contributed by atoms with Gasteiger partial charge in [-0.3, -0.25) is 9.82 Å². The van der Waals surface area contributed by atoms with Gasteiger partial charge in [0.25, 0.3) is 0 Å². The molecule has 0 atom stereocenters. The van der Waals surface area contributed by atoms with Gasteiger partial charge < -0.3 is 5.32 Å². The lowest BCUT2D eigenvalue weighted by atomic mass is 10.2. The molecule has 0 saturated heterocycles. The van der Waals surface area contributed by atoms with E-state index in [1.54, 1.807) is 18.2 Å². The highest BCUT2D eigenvalue weighted by Gasteiger charge is 2.09. The van der Waals surface area contributed by atoms with Crippen molar-refractivity contribution in [2.24, 2.45) is 0 Å². The van der Waals surface area contributed by atoms with Gasteiger partial charge in [0.15, 0.2) is 0 Å². The van der Waals surface area contributed by atoms with Crippen molar-refractivity contribution in [1.82, 2.24) is 10.2 Å². The van der Waals surface area contributed by atoms with Crippen LogP contribution in [0.25, 0.3) is 0 Å². The van der Waals surface area contributed by atoms with Crippen LogP contribution in [0.5, 0.6) is 0 Å². The Morgan fingerprint density at radius 2 is 2.05 bits per heavy atom. The molecule has 0 fully saturated rings. The monoisotopic (exact) mass is 328 g/mol. The summed E-state index contributed by atoms with van der Waals surface area (Å²) in [4.78, 5) is 0. The number of anilines is 2. The molecular weight excluding hydrogens is 312 g/mol. The average Bonchev–Trinajstić information content (AvgIpc) is 2.68. The Hall–Kier alpha value is -1.73. The van der Waals surface area contributed by atoms with Gasteiger partial charge in [0.05, 0.1) is 28.3 Å². The van der Waals surface area contributed by atoms with Crippen molar-refractivity contribution in [2.45, 2.75) is 20.4 Å². The van der Waals surface area contributed by atoms with Gasteiger partial charge in [-0.1, -0.05) is 11.6 Å². The molecule has 1 heterocycles. The molecule has 0 aliphatic rings. The molecule has 6 nitrogen and oxygen atoms in total. The fourth-order valence-corrected chi connectivity index (χ4v) is 2.70. The van der Waals surface area contributed by atoms with E-state index in [1.807, 2.05) is 13.8 Å². The molecule has 1 aromatic heterocycles. The quantitative estimate of drug-likeness (QED) is 0.787. The number of aromatic nitrogens is 2. The van der Waals surface area contributed by atoms with Crippen LogP contribution < -0.4 is 10.0 Å². The minimum absolute atomic E-state index is 0.463. The summed E-state index contributed by atoms with van der Waals surface area (Å²) in [6, 6.07) is 4.92. The summed E-state index contributed by atoms with van der Waals surface area (Å²) in [6.45, 7) is 4.42. The van der Waals surface area contributed by atoms with Crippen LogP contribution in [0, 0.1) is 13.8 Å². The SMILES string of the molecule is Cc1n[nH]c(C)c1CNc1cc(NS(C)(=O)=O)ccc1Cl. The van der Waals surface area contributed by atoms with Crippen LogP contribution in [-0.4, -0.2) is 24.9 Å². The van der Waals surface area contributed by atoms with Gasteiger partial charge in [0, 0.05) is 17.8 Å². The second-order valence-corrected chi connectivity index (χ2v) is 6.99.